The highest BCUT2D eigenvalue weighted by atomic mass is 19.1. The Morgan fingerprint density at radius 2 is 1.80 bits per heavy atom. The van der Waals surface area contributed by atoms with E-state index in [1.54, 1.807) is 6.20 Å². The number of nitrogens with one attached hydrogen (secondary N) is 1. The second-order valence-corrected chi connectivity index (χ2v) is 16.0. The maximum absolute atomic E-state index is 14.0. The largest absolute Gasteiger partial charge is 0.404 e. The van der Waals surface area contributed by atoms with E-state index in [1.165, 1.54) is 17.7 Å². The first-order valence-corrected chi connectivity index (χ1v) is 20.2. The van der Waals surface area contributed by atoms with Crippen LogP contribution >= 0.6 is 0 Å². The predicted octanol–water partition coefficient (Wildman–Crippen LogP) is 8.62. The number of aromatic nitrogens is 3. The standard InChI is InChI=1S/C45H57F2N9/c1-7-38-28-53(32(5)34-14-15-54(27-34)39-22-36(46)21-37(47)23-39)16-17-55(38)26-33-12-13-42-44(19-33)56-25-29(2)10-8-9-11-41(49-6)40(24-48)43-20-35(18-30(3)50-43)31(4)51-45(56)52-42/h12-13,18-24,29,34,38H,4-5,7-11,14-17,25-28,48H2,1-3,6H3,(H,51,52)/t29-,34?,38?/m1/s1. The zero-order chi connectivity index (χ0) is 39.5. The molecule has 296 valence electrons. The van der Waals surface area contributed by atoms with E-state index in [1.807, 2.05) is 26.1 Å². The van der Waals surface area contributed by atoms with E-state index in [0.717, 1.165) is 147 Å². The lowest BCUT2D eigenvalue weighted by Gasteiger charge is -2.44. The van der Waals surface area contributed by atoms with Gasteiger partial charge in [0.05, 0.1) is 16.7 Å². The van der Waals surface area contributed by atoms with Gasteiger partial charge in [-0.25, -0.2) is 13.8 Å². The van der Waals surface area contributed by atoms with Crippen LogP contribution in [0.1, 0.15) is 74.9 Å². The third-order valence-electron chi connectivity index (χ3n) is 12.0. The van der Waals surface area contributed by atoms with Crippen LogP contribution in [0.3, 0.4) is 0 Å². The Bertz CT molecular complexity index is 2130. The maximum atomic E-state index is 14.0. The van der Waals surface area contributed by atoms with E-state index < -0.39 is 11.6 Å². The molecule has 2 bridgehead atoms. The third-order valence-corrected chi connectivity index (χ3v) is 12.0. The Balaban J connectivity index is 1.08. The first kappa shape index (κ1) is 39.2. The van der Waals surface area contributed by atoms with Crippen molar-refractivity contribution in [2.45, 2.75) is 78.4 Å². The first-order chi connectivity index (χ1) is 27.0. The molecule has 0 spiro atoms. The fourth-order valence-electron chi connectivity index (χ4n) is 8.85. The van der Waals surface area contributed by atoms with Crippen molar-refractivity contribution in [2.24, 2.45) is 22.6 Å². The van der Waals surface area contributed by atoms with Crippen LogP contribution in [0.25, 0.3) is 22.3 Å². The molecular formula is C45H57F2N9. The number of allylic oxidation sites excluding steroid dienone is 1. The summed E-state index contributed by atoms with van der Waals surface area (Å²) in [4.78, 5) is 21.7. The van der Waals surface area contributed by atoms with E-state index in [4.69, 9.17) is 15.7 Å². The molecule has 0 saturated carbocycles. The molecule has 2 aromatic heterocycles. The van der Waals surface area contributed by atoms with E-state index in [0.29, 0.717) is 17.6 Å². The van der Waals surface area contributed by atoms with Crippen LogP contribution in [-0.4, -0.2) is 75.9 Å². The fourth-order valence-corrected chi connectivity index (χ4v) is 8.85. The summed E-state index contributed by atoms with van der Waals surface area (Å²) in [5, 5.41) is 3.59. The minimum Gasteiger partial charge on any atom is -0.404 e. The first-order valence-electron chi connectivity index (χ1n) is 20.2. The average Bonchev–Trinajstić information content (AvgIpc) is 3.80. The number of nitrogens with two attached hydrogens (primary N) is 1. The summed E-state index contributed by atoms with van der Waals surface area (Å²) in [6.45, 7) is 21.5. The summed E-state index contributed by atoms with van der Waals surface area (Å²) in [6.07, 6.45) is 7.62. The molecule has 3 N–H and O–H groups in total. The highest BCUT2D eigenvalue weighted by Crippen LogP contribution is 2.33. The predicted molar refractivity (Wildman–Crippen MR) is 226 cm³/mol. The minimum atomic E-state index is -0.539. The van der Waals surface area contributed by atoms with Crippen molar-refractivity contribution < 1.29 is 8.78 Å². The number of aliphatic imine (C=N–C) groups is 1. The summed E-state index contributed by atoms with van der Waals surface area (Å²) in [5.41, 5.74) is 16.5. The molecule has 7 rings (SSSR count). The molecule has 2 aromatic carbocycles. The zero-order valence-electron chi connectivity index (χ0n) is 33.5. The Kier molecular flexibility index (Phi) is 11.9. The normalized spacial score (nSPS) is 23.0. The second kappa shape index (κ2) is 17.0. The van der Waals surface area contributed by atoms with Gasteiger partial charge in [-0.3, -0.25) is 14.9 Å². The molecular weight excluding hydrogens is 705 g/mol. The van der Waals surface area contributed by atoms with Crippen molar-refractivity contribution in [3.05, 3.63) is 108 Å². The Labute approximate surface area is 330 Å². The van der Waals surface area contributed by atoms with Gasteiger partial charge < -0.3 is 25.4 Å². The summed E-state index contributed by atoms with van der Waals surface area (Å²) >= 11 is 0. The number of imidazole rings is 1. The maximum Gasteiger partial charge on any atom is 0.208 e. The van der Waals surface area contributed by atoms with Gasteiger partial charge in [0.25, 0.3) is 0 Å². The Morgan fingerprint density at radius 1 is 1.00 bits per heavy atom. The summed E-state index contributed by atoms with van der Waals surface area (Å²) < 4.78 is 30.2. The number of hydrogen-bond acceptors (Lipinski definition) is 8. The number of fused-ring (bicyclic) bond motifs is 5. The van der Waals surface area contributed by atoms with Crippen molar-refractivity contribution in [3.63, 3.8) is 0 Å². The minimum absolute atomic E-state index is 0.258. The van der Waals surface area contributed by atoms with E-state index in [2.05, 4.69) is 74.8 Å². The van der Waals surface area contributed by atoms with E-state index in [-0.39, 0.29) is 5.92 Å². The average molecular weight is 762 g/mol. The van der Waals surface area contributed by atoms with E-state index in [9.17, 15) is 8.78 Å². The van der Waals surface area contributed by atoms with Gasteiger partial charge in [0.15, 0.2) is 0 Å². The van der Waals surface area contributed by atoms with Gasteiger partial charge in [-0.15, -0.1) is 0 Å². The topological polar surface area (TPSA) is 90.8 Å². The van der Waals surface area contributed by atoms with Crippen LogP contribution in [0.15, 0.2) is 78.6 Å². The highest BCUT2D eigenvalue weighted by molar-refractivity contribution is 6.23. The number of pyridine rings is 1. The number of anilines is 2. The molecule has 0 radical (unpaired) electrons. The van der Waals surface area contributed by atoms with Gasteiger partial charge >= 0.3 is 0 Å². The number of benzene rings is 2. The third kappa shape index (κ3) is 8.53. The van der Waals surface area contributed by atoms with Gasteiger partial charge in [0.1, 0.15) is 11.6 Å². The zero-order valence-corrected chi connectivity index (χ0v) is 33.5. The number of aryl methyl sites for hydroxylation is 1. The molecule has 56 heavy (non-hydrogen) atoms. The van der Waals surface area contributed by atoms with Crippen molar-refractivity contribution in [3.8, 4) is 0 Å². The summed E-state index contributed by atoms with van der Waals surface area (Å²) in [7, 11) is 1.83. The molecule has 3 aliphatic heterocycles. The van der Waals surface area contributed by atoms with Gasteiger partial charge in [-0.1, -0.05) is 39.5 Å². The van der Waals surface area contributed by atoms with Crippen LogP contribution in [0.5, 0.6) is 0 Å². The summed E-state index contributed by atoms with van der Waals surface area (Å²) in [5.74, 6) is 0.398. The molecule has 11 heteroatoms. The molecule has 3 atom stereocenters. The van der Waals surface area contributed by atoms with Crippen LogP contribution in [0, 0.1) is 30.4 Å². The molecule has 2 unspecified atom stereocenters. The van der Waals surface area contributed by atoms with Gasteiger partial charge in [0.2, 0.25) is 5.95 Å². The molecule has 0 aliphatic carbocycles. The smallest absolute Gasteiger partial charge is 0.208 e. The van der Waals surface area contributed by atoms with Gasteiger partial charge in [0, 0.05) is 117 Å². The second-order valence-electron chi connectivity index (χ2n) is 16.0. The number of rotatable bonds is 6. The van der Waals surface area contributed by atoms with Gasteiger partial charge in [-0.2, -0.15) is 0 Å². The van der Waals surface area contributed by atoms with Crippen LogP contribution in [0.4, 0.5) is 20.4 Å². The van der Waals surface area contributed by atoms with Crippen LogP contribution < -0.4 is 16.0 Å². The van der Waals surface area contributed by atoms with Crippen molar-refractivity contribution in [1.82, 2.24) is 24.3 Å². The number of piperazine rings is 1. The molecule has 4 aromatic rings. The monoisotopic (exact) mass is 761 g/mol. The molecule has 2 saturated heterocycles. The van der Waals surface area contributed by atoms with Crippen LogP contribution in [-0.2, 0) is 13.1 Å². The molecule has 0 amide bonds. The molecule has 5 heterocycles. The lowest BCUT2D eigenvalue weighted by Crippen LogP contribution is -2.52. The quantitative estimate of drug-likeness (QED) is 0.203. The SMILES string of the molecule is C=C1Nc2nc3ccc(CN4CCN(C(=C)C5CCN(c6cc(F)cc(F)c6)C5)CC4CC)cc3n2C[C@H](C)CCCCC(=NC)C(=CN)c2cc1cc(C)n2. The molecule has 2 fully saturated rings. The lowest BCUT2D eigenvalue weighted by atomic mass is 9.97. The van der Waals surface area contributed by atoms with Crippen molar-refractivity contribution in [2.75, 3.05) is 50.0 Å². The Hall–Kier alpha value is -5.03. The lowest BCUT2D eigenvalue weighted by molar-refractivity contribution is 0.0797. The van der Waals surface area contributed by atoms with E-state index >= 15 is 0 Å². The highest BCUT2D eigenvalue weighted by Gasteiger charge is 2.32. The molecule has 9 nitrogen and oxygen atoms in total. The number of hydrogen-bond donors (Lipinski definition) is 2. The molecule has 3 aliphatic rings. The Morgan fingerprint density at radius 3 is 2.55 bits per heavy atom. The van der Waals surface area contributed by atoms with Crippen LogP contribution in [0.2, 0.25) is 0 Å². The number of halogens is 2. The van der Waals surface area contributed by atoms with Crippen molar-refractivity contribution in [1.29, 1.82) is 0 Å². The summed E-state index contributed by atoms with van der Waals surface area (Å²) in [6, 6.07) is 14.9. The fraction of sp³-hybridized carbons (Fsp3) is 0.444. The van der Waals surface area contributed by atoms with Gasteiger partial charge in [-0.05, 0) is 86.9 Å². The van der Waals surface area contributed by atoms with Crippen molar-refractivity contribution >= 4 is 39.7 Å². The number of nitrogens with zero attached hydrogens (tertiary/aromatic N) is 7.